The molecule has 0 N–H and O–H groups in total. The monoisotopic (exact) mass is 538 g/mol. The van der Waals surface area contributed by atoms with Gasteiger partial charge in [-0.1, -0.05) is 50.0 Å². The largest absolute Gasteiger partial charge is 0.458 e. The molecular formula is C25H31O7PS2. The van der Waals surface area contributed by atoms with Crippen LogP contribution < -0.4 is 0 Å². The third-order valence-corrected chi connectivity index (χ3v) is 10.6. The molecule has 1 saturated heterocycles. The van der Waals surface area contributed by atoms with E-state index in [-0.39, 0.29) is 16.1 Å². The second-order valence-corrected chi connectivity index (χ2v) is 13.9. The molecule has 1 fully saturated rings. The number of ether oxygens (including phenoxy) is 3. The van der Waals surface area contributed by atoms with Crippen LogP contribution in [0.25, 0.3) is 0 Å². The number of sulfone groups is 1. The van der Waals surface area contributed by atoms with E-state index in [0.29, 0.717) is 25.2 Å². The smallest absolute Gasteiger partial charge is 0.338 e. The first-order chi connectivity index (χ1) is 16.7. The molecular weight excluding hydrogens is 507 g/mol. The number of rotatable bonds is 11. The topological polar surface area (TPSA) is 96.0 Å². The normalized spacial score (nSPS) is 22.2. The lowest BCUT2D eigenvalue weighted by Crippen LogP contribution is -2.53. The van der Waals surface area contributed by atoms with Crippen molar-refractivity contribution < 1.29 is 32.2 Å². The van der Waals surface area contributed by atoms with E-state index in [1.54, 1.807) is 7.11 Å². The lowest BCUT2D eigenvalue weighted by Gasteiger charge is -2.46. The maximum Gasteiger partial charge on any atom is 0.338 e. The van der Waals surface area contributed by atoms with E-state index >= 15 is 0 Å². The third-order valence-electron chi connectivity index (χ3n) is 6.07. The van der Waals surface area contributed by atoms with Crippen LogP contribution >= 0.6 is 19.7 Å². The average Bonchev–Trinajstić information content (AvgIpc) is 2.84. The van der Waals surface area contributed by atoms with Crippen molar-refractivity contribution in [1.82, 2.24) is 0 Å². The Morgan fingerprint density at radius 3 is 2.51 bits per heavy atom. The molecule has 4 atom stereocenters. The van der Waals surface area contributed by atoms with Crippen molar-refractivity contribution in [2.24, 2.45) is 0 Å². The van der Waals surface area contributed by atoms with Gasteiger partial charge in [0.2, 0.25) is 0 Å². The van der Waals surface area contributed by atoms with Gasteiger partial charge in [-0.3, -0.25) is 4.79 Å². The van der Waals surface area contributed by atoms with Gasteiger partial charge in [-0.2, -0.15) is 0 Å². The first-order valence-electron chi connectivity index (χ1n) is 11.2. The van der Waals surface area contributed by atoms with Crippen LogP contribution in [0.4, 0.5) is 0 Å². The fourth-order valence-corrected chi connectivity index (χ4v) is 8.60. The SMILES string of the molecule is COC1(C(CSC=O)P(C)Cc2ccccc2)CC(OC(=O)c2ccc(S(C)(=O)=O)cc2)CCO1. The van der Waals surface area contributed by atoms with Crippen LogP contribution in [0.5, 0.6) is 0 Å². The Balaban J connectivity index is 1.75. The Hall–Kier alpha value is -1.77. The Bertz CT molecular complexity index is 1090. The third kappa shape index (κ3) is 7.37. The van der Waals surface area contributed by atoms with Crippen LogP contribution in [0, 0.1) is 0 Å². The summed E-state index contributed by atoms with van der Waals surface area (Å²) in [5.74, 6) is -0.960. The lowest BCUT2D eigenvalue weighted by molar-refractivity contribution is -0.256. The fraction of sp³-hybridized carbons (Fsp3) is 0.440. The second-order valence-electron chi connectivity index (χ2n) is 8.53. The Morgan fingerprint density at radius 1 is 1.23 bits per heavy atom. The van der Waals surface area contributed by atoms with Crippen LogP contribution in [0.3, 0.4) is 0 Å². The van der Waals surface area contributed by atoms with Gasteiger partial charge in [0.05, 0.1) is 17.1 Å². The zero-order valence-corrected chi connectivity index (χ0v) is 22.6. The zero-order valence-electron chi connectivity index (χ0n) is 20.1. The van der Waals surface area contributed by atoms with E-state index in [0.717, 1.165) is 18.0 Å². The minimum Gasteiger partial charge on any atom is -0.458 e. The van der Waals surface area contributed by atoms with Gasteiger partial charge in [-0.25, -0.2) is 13.2 Å². The minimum absolute atomic E-state index is 0.0616. The second kappa shape index (κ2) is 12.5. The first-order valence-corrected chi connectivity index (χ1v) is 16.2. The molecule has 1 aliphatic heterocycles. The van der Waals surface area contributed by atoms with Gasteiger partial charge in [-0.15, -0.1) is 0 Å². The van der Waals surface area contributed by atoms with Crippen molar-refractivity contribution in [3.05, 3.63) is 65.7 Å². The molecule has 0 bridgehead atoms. The van der Waals surface area contributed by atoms with Crippen LogP contribution in [0.15, 0.2) is 59.5 Å². The van der Waals surface area contributed by atoms with E-state index in [1.807, 2.05) is 18.2 Å². The predicted molar refractivity (Wildman–Crippen MR) is 140 cm³/mol. The summed E-state index contributed by atoms with van der Waals surface area (Å²) < 4.78 is 41.3. The molecule has 0 saturated carbocycles. The number of methoxy groups -OCH3 is 1. The number of carbonyl (C=O) groups excluding carboxylic acids is 2. The van der Waals surface area contributed by atoms with Crippen LogP contribution in [-0.2, 0) is 35.0 Å². The summed E-state index contributed by atoms with van der Waals surface area (Å²) in [6.07, 6.45) is 2.40. The molecule has 35 heavy (non-hydrogen) atoms. The zero-order chi connectivity index (χ0) is 25.5. The van der Waals surface area contributed by atoms with Gasteiger partial charge in [0.25, 0.3) is 0 Å². The molecule has 0 aliphatic carbocycles. The highest BCUT2D eigenvalue weighted by Crippen LogP contribution is 2.51. The maximum atomic E-state index is 12.8. The van der Waals surface area contributed by atoms with Gasteiger partial charge in [0, 0.05) is 37.6 Å². The number of hydrogen-bond acceptors (Lipinski definition) is 8. The number of esters is 1. The highest BCUT2D eigenvalue weighted by Gasteiger charge is 2.47. The number of benzene rings is 2. The minimum atomic E-state index is -3.35. The van der Waals surface area contributed by atoms with Crippen molar-refractivity contribution in [1.29, 1.82) is 0 Å². The van der Waals surface area contributed by atoms with Crippen molar-refractivity contribution in [2.75, 3.05) is 32.4 Å². The van der Waals surface area contributed by atoms with Crippen molar-refractivity contribution in [3.8, 4) is 0 Å². The summed E-state index contributed by atoms with van der Waals surface area (Å²) in [7, 11) is -2.39. The molecule has 3 rings (SSSR count). The quantitative estimate of drug-likeness (QED) is 0.236. The highest BCUT2D eigenvalue weighted by molar-refractivity contribution is 8.12. The predicted octanol–water partition coefficient (Wildman–Crippen LogP) is 4.37. The summed E-state index contributed by atoms with van der Waals surface area (Å²) in [5.41, 5.74) is 2.27. The molecule has 0 radical (unpaired) electrons. The molecule has 1 heterocycles. The average molecular weight is 539 g/mol. The summed E-state index contributed by atoms with van der Waals surface area (Å²) in [6, 6.07) is 15.9. The molecule has 0 amide bonds. The summed E-state index contributed by atoms with van der Waals surface area (Å²) in [4.78, 5) is 24.1. The van der Waals surface area contributed by atoms with Gasteiger partial charge in [-0.05, 0) is 42.7 Å². The van der Waals surface area contributed by atoms with Crippen LogP contribution in [0.1, 0.15) is 28.8 Å². The van der Waals surface area contributed by atoms with Gasteiger partial charge < -0.3 is 14.2 Å². The van der Waals surface area contributed by atoms with Gasteiger partial charge >= 0.3 is 5.97 Å². The molecule has 1 aliphatic rings. The molecule has 2 aromatic rings. The molecule has 0 aromatic heterocycles. The highest BCUT2D eigenvalue weighted by atomic mass is 32.2. The molecule has 190 valence electrons. The first kappa shape index (κ1) is 27.8. The van der Waals surface area contributed by atoms with Gasteiger partial charge in [0.15, 0.2) is 21.2 Å². The Kier molecular flexibility index (Phi) is 9.90. The summed E-state index contributed by atoms with van der Waals surface area (Å²) in [6.45, 7) is 2.54. The summed E-state index contributed by atoms with van der Waals surface area (Å²) in [5, 5.41) is 0. The van der Waals surface area contributed by atoms with Crippen LogP contribution in [-0.4, -0.2) is 69.9 Å². The number of thioether (sulfide) groups is 1. The van der Waals surface area contributed by atoms with E-state index < -0.39 is 35.6 Å². The lowest BCUT2D eigenvalue weighted by atomic mass is 9.99. The summed E-state index contributed by atoms with van der Waals surface area (Å²) >= 11 is 1.20. The van der Waals surface area contributed by atoms with Crippen molar-refractivity contribution in [3.63, 3.8) is 0 Å². The van der Waals surface area contributed by atoms with E-state index in [4.69, 9.17) is 14.2 Å². The maximum absolute atomic E-state index is 12.8. The van der Waals surface area contributed by atoms with E-state index in [9.17, 15) is 18.0 Å². The molecule has 10 heteroatoms. The van der Waals surface area contributed by atoms with Crippen LogP contribution in [0.2, 0.25) is 0 Å². The van der Waals surface area contributed by atoms with Crippen molar-refractivity contribution >= 4 is 41.1 Å². The molecule has 2 aromatic carbocycles. The number of carbonyl (C=O) groups is 2. The number of hydrogen-bond donors (Lipinski definition) is 0. The van der Waals surface area contributed by atoms with Gasteiger partial charge in [0.1, 0.15) is 6.10 Å². The van der Waals surface area contributed by atoms with E-state index in [2.05, 4.69) is 18.8 Å². The molecule has 7 nitrogen and oxygen atoms in total. The molecule has 0 spiro atoms. The Labute approximate surface area is 212 Å². The van der Waals surface area contributed by atoms with E-state index in [1.165, 1.54) is 41.6 Å². The standard InChI is InChI=1S/C25H31O7PS2/c1-30-25(23(17-34-18-26)33(2)16-19-7-5-4-6-8-19)15-21(13-14-31-25)32-24(27)20-9-11-22(12-10-20)35(3,28)29/h4-12,18,21,23H,13-17H2,1-3H3. The Morgan fingerprint density at radius 2 is 1.91 bits per heavy atom. The molecule has 4 unspecified atom stereocenters. The fourth-order valence-electron chi connectivity index (χ4n) is 4.21. The van der Waals surface area contributed by atoms with Crippen molar-refractivity contribution in [2.45, 2.75) is 41.4 Å².